The van der Waals surface area contributed by atoms with Gasteiger partial charge in [-0.2, -0.15) is 0 Å². The lowest BCUT2D eigenvalue weighted by Gasteiger charge is -2.20. The molecule has 8 nitrogen and oxygen atoms in total. The van der Waals surface area contributed by atoms with Gasteiger partial charge < -0.3 is 20.4 Å². The van der Waals surface area contributed by atoms with Gasteiger partial charge in [0, 0.05) is 25.7 Å². The molecule has 0 aromatic carbocycles. The highest BCUT2D eigenvalue weighted by molar-refractivity contribution is 5.68. The molecular weight excluding hydrogens is 392 g/mol. The molecule has 3 unspecified atom stereocenters. The van der Waals surface area contributed by atoms with Crippen LogP contribution in [0.3, 0.4) is 0 Å². The monoisotopic (exact) mass is 430 g/mol. The van der Waals surface area contributed by atoms with E-state index in [4.69, 9.17) is 15.3 Å². The molecule has 8 heteroatoms. The van der Waals surface area contributed by atoms with Crippen molar-refractivity contribution >= 4 is 23.9 Å². The average Bonchev–Trinajstić information content (AvgIpc) is 2.61. The quantitative estimate of drug-likeness (QED) is 0.204. The van der Waals surface area contributed by atoms with Crippen LogP contribution < -0.4 is 0 Å². The van der Waals surface area contributed by atoms with Gasteiger partial charge in [0.05, 0.1) is 0 Å². The number of carboxylic acids is 4. The highest BCUT2D eigenvalue weighted by atomic mass is 16.4. The van der Waals surface area contributed by atoms with Crippen LogP contribution in [0.25, 0.3) is 0 Å². The maximum atomic E-state index is 11.2. The van der Waals surface area contributed by atoms with E-state index in [0.29, 0.717) is 51.4 Å². The molecule has 0 fully saturated rings. The van der Waals surface area contributed by atoms with Gasteiger partial charge in [-0.05, 0) is 56.3 Å². The summed E-state index contributed by atoms with van der Waals surface area (Å²) in [6.07, 6.45) is 7.19. The molecule has 0 aromatic heterocycles. The van der Waals surface area contributed by atoms with Gasteiger partial charge in [0.25, 0.3) is 0 Å². The Balaban J connectivity index is 4.59. The molecule has 30 heavy (non-hydrogen) atoms. The van der Waals surface area contributed by atoms with Gasteiger partial charge in [-0.15, -0.1) is 0 Å². The van der Waals surface area contributed by atoms with Crippen LogP contribution >= 0.6 is 0 Å². The van der Waals surface area contributed by atoms with E-state index >= 15 is 0 Å². The van der Waals surface area contributed by atoms with Crippen molar-refractivity contribution in [2.75, 3.05) is 0 Å². The SMILES string of the molecule is CCCC(CCC(CCCC(CCCCC(=O)O)CC(=O)O)CC(=O)O)CC(=O)O. The Kier molecular flexibility index (Phi) is 15.5. The Hall–Kier alpha value is -2.12. The molecule has 0 aliphatic carbocycles. The first kappa shape index (κ1) is 27.9. The molecule has 0 radical (unpaired) electrons. The predicted molar refractivity (Wildman–Crippen MR) is 111 cm³/mol. The third-order valence-corrected chi connectivity index (χ3v) is 5.55. The van der Waals surface area contributed by atoms with Gasteiger partial charge in [0.2, 0.25) is 0 Å². The Morgan fingerprint density at radius 3 is 1.33 bits per heavy atom. The molecule has 0 aliphatic rings. The first-order valence-electron chi connectivity index (χ1n) is 11.0. The van der Waals surface area contributed by atoms with Crippen molar-refractivity contribution in [1.29, 1.82) is 0 Å². The summed E-state index contributed by atoms with van der Waals surface area (Å²) in [5.74, 6) is -3.47. The topological polar surface area (TPSA) is 149 Å². The van der Waals surface area contributed by atoms with Crippen molar-refractivity contribution in [2.45, 2.75) is 96.8 Å². The van der Waals surface area contributed by atoms with Crippen molar-refractivity contribution in [1.82, 2.24) is 0 Å². The molecule has 0 heterocycles. The molecule has 0 aliphatic heterocycles. The Bertz CT molecular complexity index is 531. The van der Waals surface area contributed by atoms with E-state index in [1.807, 2.05) is 6.92 Å². The average molecular weight is 431 g/mol. The summed E-state index contributed by atoms with van der Waals surface area (Å²) in [6.45, 7) is 2.00. The minimum Gasteiger partial charge on any atom is -0.481 e. The lowest BCUT2D eigenvalue weighted by molar-refractivity contribution is -0.139. The molecule has 0 saturated carbocycles. The van der Waals surface area contributed by atoms with Crippen molar-refractivity contribution in [3.63, 3.8) is 0 Å². The van der Waals surface area contributed by atoms with Crippen LogP contribution in [0.5, 0.6) is 0 Å². The van der Waals surface area contributed by atoms with Crippen LogP contribution in [0.2, 0.25) is 0 Å². The molecule has 3 atom stereocenters. The molecule has 0 saturated heterocycles. The molecular formula is C22H38O8. The smallest absolute Gasteiger partial charge is 0.303 e. The summed E-state index contributed by atoms with van der Waals surface area (Å²) >= 11 is 0. The summed E-state index contributed by atoms with van der Waals surface area (Å²) in [4.78, 5) is 43.9. The lowest BCUT2D eigenvalue weighted by Crippen LogP contribution is -2.14. The number of unbranched alkanes of at least 4 members (excludes halogenated alkanes) is 1. The summed E-state index contributed by atoms with van der Waals surface area (Å²) < 4.78 is 0. The zero-order valence-electron chi connectivity index (χ0n) is 18.1. The Morgan fingerprint density at radius 1 is 0.533 bits per heavy atom. The summed E-state index contributed by atoms with van der Waals surface area (Å²) in [7, 11) is 0. The van der Waals surface area contributed by atoms with Crippen LogP contribution in [0.1, 0.15) is 96.8 Å². The van der Waals surface area contributed by atoms with Crippen molar-refractivity contribution < 1.29 is 39.6 Å². The minimum absolute atomic E-state index is 0.0356. The maximum Gasteiger partial charge on any atom is 0.303 e. The molecule has 0 rings (SSSR count). The molecule has 4 N–H and O–H groups in total. The van der Waals surface area contributed by atoms with Gasteiger partial charge in [-0.1, -0.05) is 32.6 Å². The molecule has 0 spiro atoms. The van der Waals surface area contributed by atoms with Gasteiger partial charge in [0.15, 0.2) is 0 Å². The van der Waals surface area contributed by atoms with E-state index in [0.717, 1.165) is 12.8 Å². The van der Waals surface area contributed by atoms with E-state index in [1.165, 1.54) is 0 Å². The fraction of sp³-hybridized carbons (Fsp3) is 0.818. The standard InChI is InChI=1S/C22H38O8/c1-2-6-16(13-20(25)26)11-12-18(15-22(29)30)9-5-8-17(14-21(27)28)7-3-4-10-19(23)24/h16-18H,2-15H2,1H3,(H,23,24)(H,25,26)(H,27,28)(H,29,30). The zero-order valence-corrected chi connectivity index (χ0v) is 18.1. The van der Waals surface area contributed by atoms with Crippen LogP contribution in [0.15, 0.2) is 0 Å². The predicted octanol–water partition coefficient (Wildman–Crippen LogP) is 4.65. The van der Waals surface area contributed by atoms with Crippen LogP contribution in [-0.4, -0.2) is 44.3 Å². The van der Waals surface area contributed by atoms with E-state index in [1.54, 1.807) is 0 Å². The van der Waals surface area contributed by atoms with Crippen LogP contribution in [-0.2, 0) is 19.2 Å². The molecule has 0 amide bonds. The number of aliphatic carboxylic acids is 4. The summed E-state index contributed by atoms with van der Waals surface area (Å²) in [5, 5.41) is 36.0. The second-order valence-electron chi connectivity index (χ2n) is 8.33. The van der Waals surface area contributed by atoms with E-state index < -0.39 is 23.9 Å². The van der Waals surface area contributed by atoms with E-state index in [-0.39, 0.29) is 43.4 Å². The van der Waals surface area contributed by atoms with Crippen molar-refractivity contribution in [2.24, 2.45) is 17.8 Å². The van der Waals surface area contributed by atoms with Crippen molar-refractivity contribution in [3.05, 3.63) is 0 Å². The summed E-state index contributed by atoms with van der Waals surface area (Å²) in [5.41, 5.74) is 0. The normalized spacial score (nSPS) is 14.0. The number of carboxylic acid groups (broad SMARTS) is 4. The molecule has 0 aromatic rings. The van der Waals surface area contributed by atoms with Gasteiger partial charge in [-0.25, -0.2) is 0 Å². The minimum atomic E-state index is -0.878. The number of carbonyl (C=O) groups is 4. The highest BCUT2D eigenvalue weighted by Gasteiger charge is 2.19. The first-order valence-corrected chi connectivity index (χ1v) is 11.0. The van der Waals surface area contributed by atoms with Gasteiger partial charge >= 0.3 is 23.9 Å². The van der Waals surface area contributed by atoms with Crippen LogP contribution in [0, 0.1) is 17.8 Å². The molecule has 174 valence electrons. The van der Waals surface area contributed by atoms with Crippen molar-refractivity contribution in [3.8, 4) is 0 Å². The van der Waals surface area contributed by atoms with Crippen LogP contribution in [0.4, 0.5) is 0 Å². The largest absolute Gasteiger partial charge is 0.481 e. The maximum absolute atomic E-state index is 11.2. The van der Waals surface area contributed by atoms with Gasteiger partial charge in [0.1, 0.15) is 0 Å². The second-order valence-corrected chi connectivity index (χ2v) is 8.33. The first-order chi connectivity index (χ1) is 14.1. The zero-order chi connectivity index (χ0) is 22.9. The number of hydrogen-bond donors (Lipinski definition) is 4. The fourth-order valence-corrected chi connectivity index (χ4v) is 4.07. The lowest BCUT2D eigenvalue weighted by atomic mass is 9.85. The Morgan fingerprint density at radius 2 is 0.933 bits per heavy atom. The van der Waals surface area contributed by atoms with E-state index in [9.17, 15) is 24.3 Å². The number of hydrogen-bond acceptors (Lipinski definition) is 4. The van der Waals surface area contributed by atoms with E-state index in [2.05, 4.69) is 0 Å². The summed E-state index contributed by atoms with van der Waals surface area (Å²) in [6, 6.07) is 0. The third-order valence-electron chi connectivity index (χ3n) is 5.55. The Labute approximate surface area is 178 Å². The highest BCUT2D eigenvalue weighted by Crippen LogP contribution is 2.28. The third kappa shape index (κ3) is 16.8. The second kappa shape index (κ2) is 16.7. The van der Waals surface area contributed by atoms with Gasteiger partial charge in [-0.3, -0.25) is 19.2 Å². The fourth-order valence-electron chi connectivity index (χ4n) is 4.07. The number of rotatable bonds is 20. The molecule has 0 bridgehead atoms.